The molecular weight excluding hydrogens is 376 g/mol. The highest BCUT2D eigenvalue weighted by atomic mass is 16.5. The van der Waals surface area contributed by atoms with Crippen LogP contribution >= 0.6 is 0 Å². The van der Waals surface area contributed by atoms with Crippen LogP contribution in [0.25, 0.3) is 0 Å². The third kappa shape index (κ3) is 3.43. The SMILES string of the molecule is O=C(c1ccno1)N(Cc1ccccc1)[C@@H]1C[C@@H]2COCC[C@]2(c2ccccc2)C1. The van der Waals surface area contributed by atoms with Crippen molar-refractivity contribution in [2.24, 2.45) is 5.92 Å². The van der Waals surface area contributed by atoms with Crippen molar-refractivity contribution in [2.45, 2.75) is 37.3 Å². The van der Waals surface area contributed by atoms with E-state index in [1.165, 1.54) is 11.8 Å². The van der Waals surface area contributed by atoms with E-state index in [9.17, 15) is 4.79 Å². The molecule has 5 nitrogen and oxygen atoms in total. The van der Waals surface area contributed by atoms with Crippen LogP contribution in [0.2, 0.25) is 0 Å². The molecule has 1 saturated carbocycles. The van der Waals surface area contributed by atoms with Crippen molar-refractivity contribution >= 4 is 5.91 Å². The molecule has 0 unspecified atom stereocenters. The molecule has 2 fully saturated rings. The zero-order valence-corrected chi connectivity index (χ0v) is 16.9. The van der Waals surface area contributed by atoms with Gasteiger partial charge < -0.3 is 14.2 Å². The molecule has 3 atom stereocenters. The van der Waals surface area contributed by atoms with Gasteiger partial charge in [0, 0.05) is 30.7 Å². The zero-order valence-electron chi connectivity index (χ0n) is 16.9. The summed E-state index contributed by atoms with van der Waals surface area (Å²) >= 11 is 0. The van der Waals surface area contributed by atoms with Gasteiger partial charge in [-0.15, -0.1) is 0 Å². The summed E-state index contributed by atoms with van der Waals surface area (Å²) in [4.78, 5) is 15.4. The Balaban J connectivity index is 1.49. The lowest BCUT2D eigenvalue weighted by Crippen LogP contribution is -2.41. The molecule has 5 rings (SSSR count). The summed E-state index contributed by atoms with van der Waals surface area (Å²) < 4.78 is 11.1. The number of benzene rings is 2. The average Bonchev–Trinajstić information content (AvgIpc) is 3.47. The molecule has 154 valence electrons. The fraction of sp³-hybridized carbons (Fsp3) is 0.360. The predicted octanol–water partition coefficient (Wildman–Crippen LogP) is 4.45. The summed E-state index contributed by atoms with van der Waals surface area (Å²) in [6, 6.07) is 22.7. The molecule has 2 heterocycles. The third-order valence-corrected chi connectivity index (χ3v) is 6.84. The number of rotatable bonds is 5. The number of carbonyl (C=O) groups excluding carboxylic acids is 1. The molecule has 0 N–H and O–H groups in total. The molecule has 0 radical (unpaired) electrons. The first-order chi connectivity index (χ1) is 14.8. The fourth-order valence-electron chi connectivity index (χ4n) is 5.36. The lowest BCUT2D eigenvalue weighted by molar-refractivity contribution is 0.0124. The second-order valence-electron chi connectivity index (χ2n) is 8.43. The standard InChI is InChI=1S/C25H26N2O3/c28-24(23-11-13-26-30-23)27(17-19-7-3-1-4-8-19)22-15-21-18-29-14-12-25(21,16-22)20-9-5-2-6-10-20/h1-11,13,21-22H,12,14-18H2/t21-,22-,25-/m1/s1. The highest BCUT2D eigenvalue weighted by molar-refractivity contribution is 5.91. The van der Waals surface area contributed by atoms with Crippen LogP contribution in [0.3, 0.4) is 0 Å². The van der Waals surface area contributed by atoms with Crippen LogP contribution in [-0.2, 0) is 16.7 Å². The minimum Gasteiger partial charge on any atom is -0.381 e. The summed E-state index contributed by atoms with van der Waals surface area (Å²) in [6.45, 7) is 2.08. The van der Waals surface area contributed by atoms with Crippen LogP contribution in [-0.4, -0.2) is 35.2 Å². The van der Waals surface area contributed by atoms with E-state index in [-0.39, 0.29) is 17.4 Å². The normalized spacial score (nSPS) is 25.6. The second kappa shape index (κ2) is 8.07. The summed E-state index contributed by atoms with van der Waals surface area (Å²) in [5.74, 6) is 0.606. The van der Waals surface area contributed by atoms with Gasteiger partial charge in [-0.2, -0.15) is 0 Å². The Bertz CT molecular complexity index is 974. The Morgan fingerprint density at radius 1 is 1.07 bits per heavy atom. The number of amides is 1. The van der Waals surface area contributed by atoms with Crippen molar-refractivity contribution in [3.63, 3.8) is 0 Å². The summed E-state index contributed by atoms with van der Waals surface area (Å²) in [5, 5.41) is 3.75. The Hall–Kier alpha value is -2.92. The van der Waals surface area contributed by atoms with Gasteiger partial charge >= 0.3 is 0 Å². The number of aromatic nitrogens is 1. The lowest BCUT2D eigenvalue weighted by Gasteiger charge is -2.40. The van der Waals surface area contributed by atoms with Crippen LogP contribution in [0.5, 0.6) is 0 Å². The van der Waals surface area contributed by atoms with E-state index in [1.54, 1.807) is 6.07 Å². The van der Waals surface area contributed by atoms with Crippen molar-refractivity contribution in [1.29, 1.82) is 0 Å². The first-order valence-corrected chi connectivity index (χ1v) is 10.7. The van der Waals surface area contributed by atoms with Crippen molar-refractivity contribution in [1.82, 2.24) is 10.1 Å². The lowest BCUT2D eigenvalue weighted by atomic mass is 9.69. The monoisotopic (exact) mass is 402 g/mol. The summed E-state index contributed by atoms with van der Waals surface area (Å²) in [7, 11) is 0. The predicted molar refractivity (Wildman–Crippen MR) is 113 cm³/mol. The molecule has 2 aliphatic rings. The summed E-state index contributed by atoms with van der Waals surface area (Å²) in [6.07, 6.45) is 4.40. The van der Waals surface area contributed by atoms with Crippen molar-refractivity contribution in [3.05, 3.63) is 89.8 Å². The molecule has 3 aromatic rings. The second-order valence-corrected chi connectivity index (χ2v) is 8.43. The Morgan fingerprint density at radius 2 is 1.83 bits per heavy atom. The van der Waals surface area contributed by atoms with Gasteiger partial charge in [0.25, 0.3) is 5.91 Å². The number of carbonyl (C=O) groups is 1. The van der Waals surface area contributed by atoms with Crippen molar-refractivity contribution in [2.75, 3.05) is 13.2 Å². The first kappa shape index (κ1) is 19.1. The van der Waals surface area contributed by atoms with E-state index in [0.717, 1.165) is 38.0 Å². The van der Waals surface area contributed by atoms with Gasteiger partial charge in [-0.1, -0.05) is 65.8 Å². The maximum atomic E-state index is 13.4. The highest BCUT2D eigenvalue weighted by Crippen LogP contribution is 2.51. The van der Waals surface area contributed by atoms with Gasteiger partial charge in [0.1, 0.15) is 0 Å². The minimum absolute atomic E-state index is 0.0564. The molecule has 1 aliphatic carbocycles. The highest BCUT2D eigenvalue weighted by Gasteiger charge is 2.52. The molecule has 0 spiro atoms. The molecule has 30 heavy (non-hydrogen) atoms. The topological polar surface area (TPSA) is 55.6 Å². The Morgan fingerprint density at radius 3 is 2.57 bits per heavy atom. The molecule has 1 aliphatic heterocycles. The molecule has 1 aromatic heterocycles. The van der Waals surface area contributed by atoms with E-state index in [0.29, 0.717) is 18.2 Å². The van der Waals surface area contributed by atoms with E-state index < -0.39 is 0 Å². The van der Waals surface area contributed by atoms with Crippen LogP contribution in [0.4, 0.5) is 0 Å². The Kier molecular flexibility index (Phi) is 5.13. The van der Waals surface area contributed by atoms with Gasteiger partial charge in [0.05, 0.1) is 12.8 Å². The van der Waals surface area contributed by atoms with E-state index in [4.69, 9.17) is 9.26 Å². The van der Waals surface area contributed by atoms with E-state index >= 15 is 0 Å². The molecule has 1 saturated heterocycles. The third-order valence-electron chi connectivity index (χ3n) is 6.84. The molecule has 2 aromatic carbocycles. The van der Waals surface area contributed by atoms with Crippen LogP contribution in [0.1, 0.15) is 40.9 Å². The van der Waals surface area contributed by atoms with Crippen molar-refractivity contribution in [3.8, 4) is 0 Å². The number of fused-ring (bicyclic) bond motifs is 1. The number of nitrogens with zero attached hydrogens (tertiary/aromatic N) is 2. The quantitative estimate of drug-likeness (QED) is 0.633. The smallest absolute Gasteiger partial charge is 0.293 e. The van der Waals surface area contributed by atoms with Gasteiger partial charge in [-0.25, -0.2) is 0 Å². The van der Waals surface area contributed by atoms with Crippen LogP contribution in [0.15, 0.2) is 77.4 Å². The number of hydrogen-bond acceptors (Lipinski definition) is 4. The molecule has 0 bridgehead atoms. The van der Waals surface area contributed by atoms with Crippen LogP contribution in [0, 0.1) is 5.92 Å². The number of hydrogen-bond donors (Lipinski definition) is 0. The van der Waals surface area contributed by atoms with Crippen LogP contribution < -0.4 is 0 Å². The van der Waals surface area contributed by atoms with Gasteiger partial charge in [-0.05, 0) is 36.3 Å². The van der Waals surface area contributed by atoms with E-state index in [1.807, 2.05) is 23.1 Å². The summed E-state index contributed by atoms with van der Waals surface area (Å²) in [5.41, 5.74) is 2.54. The van der Waals surface area contributed by atoms with Gasteiger partial charge in [0.2, 0.25) is 5.76 Å². The van der Waals surface area contributed by atoms with Crippen molar-refractivity contribution < 1.29 is 14.1 Å². The maximum absolute atomic E-state index is 13.4. The number of ether oxygens (including phenoxy) is 1. The van der Waals surface area contributed by atoms with E-state index in [2.05, 4.69) is 47.6 Å². The first-order valence-electron chi connectivity index (χ1n) is 10.7. The molecule has 1 amide bonds. The Labute approximate surface area is 176 Å². The largest absolute Gasteiger partial charge is 0.381 e. The van der Waals surface area contributed by atoms with Gasteiger partial charge in [0.15, 0.2) is 0 Å². The maximum Gasteiger partial charge on any atom is 0.293 e. The average molecular weight is 402 g/mol. The zero-order chi connectivity index (χ0) is 20.4. The molecule has 5 heteroatoms. The molecular formula is C25H26N2O3. The van der Waals surface area contributed by atoms with Gasteiger partial charge in [-0.3, -0.25) is 4.79 Å². The minimum atomic E-state index is -0.0934. The fourth-order valence-corrected chi connectivity index (χ4v) is 5.36.